The molecule has 3 amide bonds. The minimum absolute atomic E-state index is 0.0261. The maximum absolute atomic E-state index is 16.1. The number of benzene rings is 1. The summed E-state index contributed by atoms with van der Waals surface area (Å²) in [5, 5.41) is 20.7. The maximum atomic E-state index is 16.1. The van der Waals surface area contributed by atoms with E-state index in [2.05, 4.69) is 5.32 Å². The lowest BCUT2D eigenvalue weighted by atomic mass is 9.88. The van der Waals surface area contributed by atoms with Gasteiger partial charge in [-0.05, 0) is 43.7 Å². The van der Waals surface area contributed by atoms with Crippen molar-refractivity contribution in [2.24, 2.45) is 11.3 Å². The fraction of sp³-hybridized carbons (Fsp3) is 0.643. The van der Waals surface area contributed by atoms with Crippen LogP contribution in [0.3, 0.4) is 0 Å². The van der Waals surface area contributed by atoms with Crippen LogP contribution >= 0.6 is 0 Å². The first-order valence-corrected chi connectivity index (χ1v) is 14.2. The average Bonchev–Trinajstić information content (AvgIpc) is 3.88. The first-order chi connectivity index (χ1) is 20.8. The first kappa shape index (κ1) is 32.7. The molecule has 1 aromatic rings. The zero-order chi connectivity index (χ0) is 33.2. The van der Waals surface area contributed by atoms with Gasteiger partial charge in [-0.2, -0.15) is 31.6 Å². The summed E-state index contributed by atoms with van der Waals surface area (Å²) in [5.41, 5.74) is -7.29. The van der Waals surface area contributed by atoms with E-state index in [1.165, 1.54) is 0 Å². The van der Waals surface area contributed by atoms with E-state index >= 15 is 8.78 Å². The molecule has 0 bridgehead atoms. The van der Waals surface area contributed by atoms with Crippen LogP contribution in [0.1, 0.15) is 48.8 Å². The largest absolute Gasteiger partial charge is 0.465 e. The van der Waals surface area contributed by atoms with Crippen LogP contribution in [0.25, 0.3) is 0 Å². The van der Waals surface area contributed by atoms with E-state index in [-0.39, 0.29) is 51.1 Å². The molecule has 2 saturated heterocycles. The van der Waals surface area contributed by atoms with Crippen LogP contribution in [0.15, 0.2) is 18.2 Å². The molecule has 0 unspecified atom stereocenters. The van der Waals surface area contributed by atoms with Gasteiger partial charge in [0, 0.05) is 50.7 Å². The molecule has 2 heterocycles. The Balaban J connectivity index is 1.42. The fourth-order valence-electron chi connectivity index (χ4n) is 6.09. The van der Waals surface area contributed by atoms with Crippen molar-refractivity contribution in [2.45, 2.75) is 68.5 Å². The number of carbonyl (C=O) groups excluding carboxylic acids is 2. The van der Waals surface area contributed by atoms with Crippen LogP contribution in [-0.2, 0) is 28.2 Å². The topological polar surface area (TPSA) is 117 Å². The van der Waals surface area contributed by atoms with Crippen LogP contribution in [0, 0.1) is 22.7 Å². The zero-order valence-corrected chi connectivity index (χ0v) is 23.6. The highest BCUT2D eigenvalue weighted by atomic mass is 19.4. The highest BCUT2D eigenvalue weighted by Gasteiger charge is 2.71. The van der Waals surface area contributed by atoms with E-state index < -0.39 is 96.0 Å². The molecule has 246 valence electrons. The van der Waals surface area contributed by atoms with Gasteiger partial charge >= 0.3 is 18.4 Å². The monoisotopic (exact) mass is 651 g/mol. The molecule has 2 saturated carbocycles. The number of nitriles is 1. The number of likely N-dealkylation sites (tertiary alicyclic amines) is 1. The smallest absolute Gasteiger partial charge is 0.416 e. The number of halogens is 8. The minimum Gasteiger partial charge on any atom is -0.465 e. The highest BCUT2D eigenvalue weighted by molar-refractivity contribution is 5.93. The molecule has 0 radical (unpaired) electrons. The molecule has 2 atom stereocenters. The summed E-state index contributed by atoms with van der Waals surface area (Å²) in [6.07, 6.45) is -13.2. The first-order valence-electron chi connectivity index (χ1n) is 14.2. The molecule has 1 aromatic carbocycles. The average molecular weight is 652 g/mol. The molecule has 5 rings (SSSR count). The lowest BCUT2D eigenvalue weighted by Gasteiger charge is -2.33. The van der Waals surface area contributed by atoms with Gasteiger partial charge in [-0.15, -0.1) is 0 Å². The number of rotatable bonds is 7. The molecule has 45 heavy (non-hydrogen) atoms. The van der Waals surface area contributed by atoms with Gasteiger partial charge in [0.1, 0.15) is 17.0 Å². The molecule has 4 aliphatic rings. The highest BCUT2D eigenvalue weighted by Crippen LogP contribution is 2.60. The van der Waals surface area contributed by atoms with Crippen LogP contribution in [0.4, 0.5) is 39.9 Å². The number of hydrogen-bond donors (Lipinski definition) is 2. The van der Waals surface area contributed by atoms with E-state index in [1.807, 2.05) is 6.07 Å². The number of alkyl halides is 8. The molecule has 2 N–H and O–H groups in total. The molecule has 0 spiro atoms. The van der Waals surface area contributed by atoms with Crippen molar-refractivity contribution in [3.63, 3.8) is 0 Å². The summed E-state index contributed by atoms with van der Waals surface area (Å²) in [5.74, 6) is -9.18. The van der Waals surface area contributed by atoms with E-state index in [0.717, 1.165) is 11.0 Å². The number of piperazine rings is 1. The Morgan fingerprint density at radius 2 is 1.58 bits per heavy atom. The summed E-state index contributed by atoms with van der Waals surface area (Å²) < 4.78 is 116. The standard InChI is InChI=1S/C28H29F8N5O4/c29-26(30,18-2-1-16(11-19(18)27(31,32)33)13-39-7-9-40(10-8-39)23(44)45)17-12-20(21(42)38-24(15-37)3-4-24)41(14-17)22(43)25(5-6-25)28(34,35)36/h1-2,11,17,20H,3-10,12-14H2,(H,38,42)(H,44,45)/t17-,20+/m1/s1. The van der Waals surface area contributed by atoms with Crippen molar-refractivity contribution >= 4 is 17.9 Å². The minimum atomic E-state index is -5.26. The van der Waals surface area contributed by atoms with Gasteiger partial charge in [0.15, 0.2) is 0 Å². The SMILES string of the molecule is N#CC1(NC(=O)[C@@H]2C[C@@H](C(F)(F)c3ccc(CN4CCN(C(=O)O)CC4)cc3C(F)(F)F)CN2C(=O)C2(C(F)(F)F)CC2)CC1. The number of carbonyl (C=O) groups is 3. The number of nitrogens with zero attached hydrogens (tertiary/aromatic N) is 4. The summed E-state index contributed by atoms with van der Waals surface area (Å²) >= 11 is 0. The Morgan fingerprint density at radius 3 is 2.07 bits per heavy atom. The second kappa shape index (κ2) is 11.0. The predicted octanol–water partition coefficient (Wildman–Crippen LogP) is 4.32. The van der Waals surface area contributed by atoms with E-state index in [4.69, 9.17) is 5.11 Å². The summed E-state index contributed by atoms with van der Waals surface area (Å²) in [7, 11) is 0. The molecule has 0 aromatic heterocycles. The van der Waals surface area contributed by atoms with Crippen LogP contribution in [0.5, 0.6) is 0 Å². The normalized spacial score (nSPS) is 24.6. The molecule has 9 nitrogen and oxygen atoms in total. The van der Waals surface area contributed by atoms with Crippen molar-refractivity contribution < 1.29 is 54.6 Å². The number of amides is 3. The second-order valence-corrected chi connectivity index (χ2v) is 12.2. The molecular formula is C28H29F8N5O4. The van der Waals surface area contributed by atoms with Crippen molar-refractivity contribution in [2.75, 3.05) is 32.7 Å². The van der Waals surface area contributed by atoms with Gasteiger partial charge in [-0.25, -0.2) is 13.6 Å². The molecule has 17 heteroatoms. The molecule has 2 aliphatic carbocycles. The molecule has 2 aliphatic heterocycles. The van der Waals surface area contributed by atoms with Gasteiger partial charge in [0.25, 0.3) is 5.92 Å². The molecular weight excluding hydrogens is 622 g/mol. The van der Waals surface area contributed by atoms with E-state index in [9.17, 15) is 46.0 Å². The summed E-state index contributed by atoms with van der Waals surface area (Å²) in [6, 6.07) is 2.20. The van der Waals surface area contributed by atoms with Crippen molar-refractivity contribution in [3.05, 3.63) is 34.9 Å². The lowest BCUT2D eigenvalue weighted by molar-refractivity contribution is -0.199. The fourth-order valence-corrected chi connectivity index (χ4v) is 6.09. The van der Waals surface area contributed by atoms with Crippen molar-refractivity contribution in [1.29, 1.82) is 5.26 Å². The van der Waals surface area contributed by atoms with Gasteiger partial charge in [-0.1, -0.05) is 12.1 Å². The van der Waals surface area contributed by atoms with Crippen LogP contribution < -0.4 is 5.32 Å². The lowest BCUT2D eigenvalue weighted by Crippen LogP contribution is -2.53. The van der Waals surface area contributed by atoms with Crippen LogP contribution in [-0.4, -0.2) is 88.2 Å². The third-order valence-corrected chi connectivity index (χ3v) is 9.20. The third kappa shape index (κ3) is 6.12. The van der Waals surface area contributed by atoms with Gasteiger partial charge in [0.2, 0.25) is 11.8 Å². The number of hydrogen-bond acceptors (Lipinski definition) is 5. The second-order valence-electron chi connectivity index (χ2n) is 12.2. The number of carboxylic acid groups (broad SMARTS) is 1. The van der Waals surface area contributed by atoms with Crippen molar-refractivity contribution in [1.82, 2.24) is 20.0 Å². The quantitative estimate of drug-likeness (QED) is 0.425. The predicted molar refractivity (Wildman–Crippen MR) is 137 cm³/mol. The Bertz CT molecular complexity index is 1410. The molecule has 4 fully saturated rings. The van der Waals surface area contributed by atoms with E-state index in [1.54, 1.807) is 4.90 Å². The maximum Gasteiger partial charge on any atom is 0.416 e. The Hall–Kier alpha value is -3.68. The van der Waals surface area contributed by atoms with Crippen molar-refractivity contribution in [3.8, 4) is 6.07 Å². The summed E-state index contributed by atoms with van der Waals surface area (Å²) in [4.78, 5) is 40.6. The summed E-state index contributed by atoms with van der Waals surface area (Å²) in [6.45, 7) is -0.575. The van der Waals surface area contributed by atoms with Gasteiger partial charge in [-0.3, -0.25) is 14.5 Å². The van der Waals surface area contributed by atoms with E-state index in [0.29, 0.717) is 17.0 Å². The third-order valence-electron chi connectivity index (χ3n) is 9.20. The number of nitrogens with one attached hydrogen (secondary N) is 1. The van der Waals surface area contributed by atoms with Gasteiger partial charge < -0.3 is 20.2 Å². The van der Waals surface area contributed by atoms with Gasteiger partial charge in [0.05, 0.1) is 11.6 Å². The zero-order valence-electron chi connectivity index (χ0n) is 23.6. The van der Waals surface area contributed by atoms with Crippen LogP contribution in [0.2, 0.25) is 0 Å². The Kier molecular flexibility index (Phi) is 7.99. The Labute approximate surface area is 251 Å². The Morgan fingerprint density at radius 1 is 0.956 bits per heavy atom.